The van der Waals surface area contributed by atoms with Crippen molar-refractivity contribution in [3.8, 4) is 11.5 Å². The zero-order chi connectivity index (χ0) is 13.1. The van der Waals surface area contributed by atoms with Gasteiger partial charge in [0.05, 0.1) is 19.3 Å². The molecule has 0 amide bonds. The third kappa shape index (κ3) is 2.73. The number of hydrogen-bond acceptors (Lipinski definition) is 4. The summed E-state index contributed by atoms with van der Waals surface area (Å²) in [4.78, 5) is 12.4. The Bertz CT molecular complexity index is 466. The lowest BCUT2D eigenvalue weighted by molar-refractivity contribution is 0.0926. The molecule has 102 valence electrons. The van der Waals surface area contributed by atoms with E-state index in [-0.39, 0.29) is 11.8 Å². The second-order valence-corrected chi connectivity index (χ2v) is 5.08. The summed E-state index contributed by atoms with van der Waals surface area (Å²) in [7, 11) is 0. The maximum absolute atomic E-state index is 12.4. The second-order valence-electron chi connectivity index (χ2n) is 5.08. The van der Waals surface area contributed by atoms with Gasteiger partial charge >= 0.3 is 0 Å². The number of benzene rings is 1. The molecule has 1 unspecified atom stereocenters. The minimum atomic E-state index is -0.0431. The number of piperidine rings is 1. The van der Waals surface area contributed by atoms with Crippen LogP contribution in [0.5, 0.6) is 11.5 Å². The number of rotatable bonds is 2. The molecular weight excluding hydrogens is 242 g/mol. The quantitative estimate of drug-likeness (QED) is 0.829. The molecule has 4 heteroatoms. The Balaban J connectivity index is 1.80. The van der Waals surface area contributed by atoms with Crippen LogP contribution in [0.4, 0.5) is 0 Å². The molecule has 0 bridgehead atoms. The van der Waals surface area contributed by atoms with Gasteiger partial charge in [0.25, 0.3) is 0 Å². The monoisotopic (exact) mass is 261 g/mol. The van der Waals surface area contributed by atoms with Gasteiger partial charge in [-0.2, -0.15) is 0 Å². The van der Waals surface area contributed by atoms with Crippen LogP contribution in [0.25, 0.3) is 0 Å². The predicted molar refractivity (Wildman–Crippen MR) is 72.0 cm³/mol. The van der Waals surface area contributed by atoms with Crippen LogP contribution in [0.3, 0.4) is 0 Å². The lowest BCUT2D eigenvalue weighted by Crippen LogP contribution is -2.40. The molecule has 0 saturated carbocycles. The Hall–Kier alpha value is -1.55. The fraction of sp³-hybridized carbons (Fsp3) is 0.533. The third-order valence-electron chi connectivity index (χ3n) is 3.66. The van der Waals surface area contributed by atoms with E-state index in [4.69, 9.17) is 9.47 Å². The smallest absolute Gasteiger partial charge is 0.179 e. The average Bonchev–Trinajstić information content (AvgIpc) is 2.72. The van der Waals surface area contributed by atoms with E-state index < -0.39 is 0 Å². The maximum Gasteiger partial charge on any atom is 0.179 e. The minimum Gasteiger partial charge on any atom is -0.490 e. The van der Waals surface area contributed by atoms with Crippen molar-refractivity contribution in [1.29, 1.82) is 0 Å². The highest BCUT2D eigenvalue weighted by molar-refractivity contribution is 6.00. The molecule has 0 aromatic heterocycles. The predicted octanol–water partition coefficient (Wildman–Crippen LogP) is 2.17. The summed E-state index contributed by atoms with van der Waals surface area (Å²) in [6.07, 6.45) is 4.08. The van der Waals surface area contributed by atoms with E-state index in [1.807, 2.05) is 18.2 Å². The molecule has 1 aromatic carbocycles. The molecule has 1 N–H and O–H groups in total. The Kier molecular flexibility index (Phi) is 3.69. The number of fused-ring (bicyclic) bond motifs is 1. The van der Waals surface area contributed by atoms with Gasteiger partial charge in [0.1, 0.15) is 0 Å². The Morgan fingerprint density at radius 2 is 1.95 bits per heavy atom. The molecule has 2 aliphatic rings. The number of carbonyl (C=O) groups excluding carboxylic acids is 1. The number of hydrogen-bond donors (Lipinski definition) is 1. The molecule has 1 fully saturated rings. The number of ketones is 1. The molecule has 3 rings (SSSR count). The van der Waals surface area contributed by atoms with Gasteiger partial charge in [-0.15, -0.1) is 0 Å². The fourth-order valence-corrected chi connectivity index (χ4v) is 2.59. The van der Waals surface area contributed by atoms with Crippen molar-refractivity contribution in [3.63, 3.8) is 0 Å². The van der Waals surface area contributed by atoms with E-state index in [9.17, 15) is 4.79 Å². The van der Waals surface area contributed by atoms with Crippen LogP contribution in [-0.4, -0.2) is 31.6 Å². The van der Waals surface area contributed by atoms with Crippen LogP contribution in [0.2, 0.25) is 0 Å². The Labute approximate surface area is 113 Å². The summed E-state index contributed by atoms with van der Waals surface area (Å²) in [5, 5.41) is 3.29. The molecule has 1 atom stereocenters. The third-order valence-corrected chi connectivity index (χ3v) is 3.66. The molecule has 1 saturated heterocycles. The first-order valence-corrected chi connectivity index (χ1v) is 7.02. The highest BCUT2D eigenvalue weighted by Crippen LogP contribution is 2.31. The number of ether oxygens (including phenoxy) is 2. The van der Waals surface area contributed by atoms with Gasteiger partial charge in [-0.05, 0) is 37.6 Å². The SMILES string of the molecule is O=C(c1ccc2c(c1)OCCCO2)C1CCCCN1. The molecule has 0 aliphatic carbocycles. The van der Waals surface area contributed by atoms with Gasteiger partial charge < -0.3 is 14.8 Å². The Morgan fingerprint density at radius 3 is 2.74 bits per heavy atom. The summed E-state index contributed by atoms with van der Waals surface area (Å²) in [6.45, 7) is 2.25. The van der Waals surface area contributed by atoms with E-state index in [0.29, 0.717) is 24.5 Å². The average molecular weight is 261 g/mol. The van der Waals surface area contributed by atoms with Crippen molar-refractivity contribution in [2.24, 2.45) is 0 Å². The number of nitrogens with one attached hydrogen (secondary N) is 1. The van der Waals surface area contributed by atoms with Crippen LogP contribution >= 0.6 is 0 Å². The molecule has 4 nitrogen and oxygen atoms in total. The summed E-state index contributed by atoms with van der Waals surface area (Å²) >= 11 is 0. The highest BCUT2D eigenvalue weighted by atomic mass is 16.5. The zero-order valence-corrected chi connectivity index (χ0v) is 11.0. The van der Waals surface area contributed by atoms with E-state index in [0.717, 1.165) is 38.0 Å². The first-order valence-electron chi connectivity index (χ1n) is 7.02. The van der Waals surface area contributed by atoms with E-state index >= 15 is 0 Å². The van der Waals surface area contributed by atoms with Crippen molar-refractivity contribution in [3.05, 3.63) is 23.8 Å². The van der Waals surface area contributed by atoms with Crippen molar-refractivity contribution in [1.82, 2.24) is 5.32 Å². The van der Waals surface area contributed by atoms with Crippen LogP contribution in [0.15, 0.2) is 18.2 Å². The molecule has 19 heavy (non-hydrogen) atoms. The van der Waals surface area contributed by atoms with Crippen molar-refractivity contribution < 1.29 is 14.3 Å². The maximum atomic E-state index is 12.4. The van der Waals surface area contributed by atoms with Gasteiger partial charge in [-0.25, -0.2) is 0 Å². The van der Waals surface area contributed by atoms with Crippen molar-refractivity contribution in [2.45, 2.75) is 31.7 Å². The first-order chi connectivity index (χ1) is 9.34. The number of Topliss-reactive ketones (excluding diaryl/α,β-unsaturated/α-hetero) is 1. The summed E-state index contributed by atoms with van der Waals surface area (Å²) in [5.41, 5.74) is 0.712. The van der Waals surface area contributed by atoms with Gasteiger partial charge in [0, 0.05) is 12.0 Å². The van der Waals surface area contributed by atoms with E-state index in [1.165, 1.54) is 0 Å². The molecule has 1 aromatic rings. The molecular formula is C15H19NO3. The summed E-state index contributed by atoms with van der Waals surface area (Å²) < 4.78 is 11.2. The summed E-state index contributed by atoms with van der Waals surface area (Å²) in [5.74, 6) is 1.60. The minimum absolute atomic E-state index is 0.0431. The van der Waals surface area contributed by atoms with Crippen LogP contribution in [-0.2, 0) is 0 Å². The van der Waals surface area contributed by atoms with Gasteiger partial charge in [0.2, 0.25) is 0 Å². The summed E-state index contributed by atoms with van der Waals surface area (Å²) in [6, 6.07) is 5.46. The van der Waals surface area contributed by atoms with Gasteiger partial charge in [-0.3, -0.25) is 4.79 Å². The molecule has 2 heterocycles. The van der Waals surface area contributed by atoms with Gasteiger partial charge in [0.15, 0.2) is 17.3 Å². The molecule has 2 aliphatic heterocycles. The highest BCUT2D eigenvalue weighted by Gasteiger charge is 2.23. The van der Waals surface area contributed by atoms with Crippen molar-refractivity contribution in [2.75, 3.05) is 19.8 Å². The van der Waals surface area contributed by atoms with E-state index in [2.05, 4.69) is 5.32 Å². The van der Waals surface area contributed by atoms with Gasteiger partial charge in [-0.1, -0.05) is 6.42 Å². The first kappa shape index (κ1) is 12.5. The molecule has 0 spiro atoms. The zero-order valence-electron chi connectivity index (χ0n) is 11.0. The lowest BCUT2D eigenvalue weighted by Gasteiger charge is -2.22. The van der Waals surface area contributed by atoms with Crippen molar-refractivity contribution >= 4 is 5.78 Å². The molecule has 0 radical (unpaired) electrons. The normalized spacial score (nSPS) is 22.6. The lowest BCUT2D eigenvalue weighted by atomic mass is 9.96. The second kappa shape index (κ2) is 5.61. The van der Waals surface area contributed by atoms with Crippen LogP contribution in [0.1, 0.15) is 36.0 Å². The number of carbonyl (C=O) groups is 1. The van der Waals surface area contributed by atoms with Crippen LogP contribution < -0.4 is 14.8 Å². The van der Waals surface area contributed by atoms with E-state index in [1.54, 1.807) is 0 Å². The Morgan fingerprint density at radius 1 is 1.11 bits per heavy atom. The standard InChI is InChI=1S/C15H19NO3/c17-15(12-4-1-2-7-16-12)11-5-6-13-14(10-11)19-9-3-8-18-13/h5-6,10,12,16H,1-4,7-9H2. The van der Waals surface area contributed by atoms with Crippen LogP contribution in [0, 0.1) is 0 Å². The topological polar surface area (TPSA) is 47.6 Å². The largest absolute Gasteiger partial charge is 0.490 e. The fourth-order valence-electron chi connectivity index (χ4n) is 2.59.